The highest BCUT2D eigenvalue weighted by atomic mass is 16.5. The zero-order chi connectivity index (χ0) is 7.68. The van der Waals surface area contributed by atoms with Gasteiger partial charge in [0.1, 0.15) is 0 Å². The van der Waals surface area contributed by atoms with Crippen molar-refractivity contribution in [3.8, 4) is 0 Å². The molecular formula is C9H16O2. The summed E-state index contributed by atoms with van der Waals surface area (Å²) in [5.74, 6) is 1.43. The van der Waals surface area contributed by atoms with E-state index in [1.54, 1.807) is 0 Å². The van der Waals surface area contributed by atoms with Gasteiger partial charge in [-0.1, -0.05) is 19.3 Å². The SMILES string of the molecule is O[C@@H]1COC[C@H]1CCC1CC1. The summed E-state index contributed by atoms with van der Waals surface area (Å²) >= 11 is 0. The predicted molar refractivity (Wildman–Crippen MR) is 42.3 cm³/mol. The Morgan fingerprint density at radius 1 is 1.18 bits per heavy atom. The minimum absolute atomic E-state index is 0.172. The molecule has 2 nitrogen and oxygen atoms in total. The van der Waals surface area contributed by atoms with Crippen LogP contribution in [0, 0.1) is 11.8 Å². The van der Waals surface area contributed by atoms with E-state index in [1.165, 1.54) is 25.7 Å². The molecule has 1 N–H and O–H groups in total. The first-order valence-corrected chi connectivity index (χ1v) is 4.62. The molecule has 11 heavy (non-hydrogen) atoms. The number of hydrogen-bond donors (Lipinski definition) is 1. The first kappa shape index (κ1) is 7.56. The van der Waals surface area contributed by atoms with E-state index in [4.69, 9.17) is 4.74 Å². The maximum Gasteiger partial charge on any atom is 0.0823 e. The average molecular weight is 156 g/mol. The molecule has 2 heteroatoms. The molecule has 1 heterocycles. The Morgan fingerprint density at radius 2 is 2.00 bits per heavy atom. The summed E-state index contributed by atoms with van der Waals surface area (Å²) in [6, 6.07) is 0. The van der Waals surface area contributed by atoms with Crippen LogP contribution in [0.2, 0.25) is 0 Å². The molecule has 2 atom stereocenters. The molecule has 1 saturated heterocycles. The quantitative estimate of drug-likeness (QED) is 0.665. The summed E-state index contributed by atoms with van der Waals surface area (Å²) < 4.78 is 5.17. The monoisotopic (exact) mass is 156 g/mol. The maximum atomic E-state index is 9.40. The van der Waals surface area contributed by atoms with Gasteiger partial charge in [0.05, 0.1) is 19.3 Å². The predicted octanol–water partition coefficient (Wildman–Crippen LogP) is 1.18. The fourth-order valence-electron chi connectivity index (χ4n) is 1.72. The van der Waals surface area contributed by atoms with Crippen molar-refractivity contribution in [2.45, 2.75) is 31.8 Å². The molecule has 0 spiro atoms. The maximum absolute atomic E-state index is 9.40. The molecule has 2 fully saturated rings. The van der Waals surface area contributed by atoms with Crippen molar-refractivity contribution in [3.63, 3.8) is 0 Å². The lowest BCUT2D eigenvalue weighted by atomic mass is 9.99. The van der Waals surface area contributed by atoms with Crippen molar-refractivity contribution in [1.82, 2.24) is 0 Å². The number of ether oxygens (including phenoxy) is 1. The van der Waals surface area contributed by atoms with Crippen LogP contribution in [0.4, 0.5) is 0 Å². The molecular weight excluding hydrogens is 140 g/mol. The molecule has 0 aromatic carbocycles. The van der Waals surface area contributed by atoms with Crippen LogP contribution in [0.1, 0.15) is 25.7 Å². The second-order valence-electron chi connectivity index (χ2n) is 3.89. The van der Waals surface area contributed by atoms with Crippen LogP contribution < -0.4 is 0 Å². The van der Waals surface area contributed by atoms with E-state index < -0.39 is 0 Å². The Morgan fingerprint density at radius 3 is 2.55 bits per heavy atom. The van der Waals surface area contributed by atoms with Gasteiger partial charge in [0.15, 0.2) is 0 Å². The molecule has 1 aliphatic carbocycles. The number of hydrogen-bond acceptors (Lipinski definition) is 2. The van der Waals surface area contributed by atoms with Gasteiger partial charge < -0.3 is 9.84 Å². The highest BCUT2D eigenvalue weighted by Crippen LogP contribution is 2.35. The molecule has 64 valence electrons. The van der Waals surface area contributed by atoms with Gasteiger partial charge in [-0.3, -0.25) is 0 Å². The summed E-state index contributed by atoms with van der Waals surface area (Å²) in [5.41, 5.74) is 0. The van der Waals surface area contributed by atoms with Gasteiger partial charge in [-0.15, -0.1) is 0 Å². The van der Waals surface area contributed by atoms with Gasteiger partial charge in [-0.2, -0.15) is 0 Å². The zero-order valence-corrected chi connectivity index (χ0v) is 6.83. The average Bonchev–Trinajstić information content (AvgIpc) is 2.73. The smallest absolute Gasteiger partial charge is 0.0823 e. The van der Waals surface area contributed by atoms with Crippen LogP contribution >= 0.6 is 0 Å². The molecule has 0 aromatic heterocycles. The summed E-state index contributed by atoms with van der Waals surface area (Å²) in [6.45, 7) is 1.35. The van der Waals surface area contributed by atoms with E-state index in [1.807, 2.05) is 0 Å². The molecule has 0 bridgehead atoms. The van der Waals surface area contributed by atoms with Crippen LogP contribution in [-0.2, 0) is 4.74 Å². The zero-order valence-electron chi connectivity index (χ0n) is 6.83. The van der Waals surface area contributed by atoms with Gasteiger partial charge in [0, 0.05) is 5.92 Å². The topological polar surface area (TPSA) is 29.5 Å². The lowest BCUT2D eigenvalue weighted by Gasteiger charge is -2.10. The number of rotatable bonds is 3. The molecule has 0 radical (unpaired) electrons. The van der Waals surface area contributed by atoms with Crippen molar-refractivity contribution in [1.29, 1.82) is 0 Å². The minimum Gasteiger partial charge on any atom is -0.390 e. The van der Waals surface area contributed by atoms with Gasteiger partial charge in [-0.25, -0.2) is 0 Å². The van der Waals surface area contributed by atoms with Crippen molar-refractivity contribution in [2.24, 2.45) is 11.8 Å². The summed E-state index contributed by atoms with van der Waals surface area (Å²) in [4.78, 5) is 0. The molecule has 2 rings (SSSR count). The fraction of sp³-hybridized carbons (Fsp3) is 1.00. The van der Waals surface area contributed by atoms with E-state index in [0.29, 0.717) is 12.5 Å². The number of aliphatic hydroxyl groups excluding tert-OH is 1. The highest BCUT2D eigenvalue weighted by molar-refractivity contribution is 4.79. The molecule has 0 amide bonds. The van der Waals surface area contributed by atoms with Gasteiger partial charge in [0.25, 0.3) is 0 Å². The van der Waals surface area contributed by atoms with Crippen molar-refractivity contribution < 1.29 is 9.84 Å². The Kier molecular flexibility index (Phi) is 2.14. The van der Waals surface area contributed by atoms with E-state index in [-0.39, 0.29) is 6.10 Å². The fourth-order valence-corrected chi connectivity index (χ4v) is 1.72. The lowest BCUT2D eigenvalue weighted by molar-refractivity contribution is 0.116. The lowest BCUT2D eigenvalue weighted by Crippen LogP contribution is -2.17. The molecule has 1 saturated carbocycles. The number of aliphatic hydroxyl groups is 1. The van der Waals surface area contributed by atoms with Crippen LogP contribution in [0.15, 0.2) is 0 Å². The van der Waals surface area contributed by atoms with E-state index in [0.717, 1.165) is 12.5 Å². The van der Waals surface area contributed by atoms with Crippen LogP contribution in [-0.4, -0.2) is 24.4 Å². The van der Waals surface area contributed by atoms with E-state index in [2.05, 4.69) is 0 Å². The third kappa shape index (κ3) is 1.94. The Bertz CT molecular complexity index is 132. The van der Waals surface area contributed by atoms with Crippen molar-refractivity contribution >= 4 is 0 Å². The third-order valence-corrected chi connectivity index (χ3v) is 2.81. The summed E-state index contributed by atoms with van der Waals surface area (Å²) in [6.07, 6.45) is 5.15. The first-order chi connectivity index (χ1) is 5.36. The normalized spacial score (nSPS) is 37.9. The van der Waals surface area contributed by atoms with E-state index in [9.17, 15) is 5.11 Å². The summed E-state index contributed by atoms with van der Waals surface area (Å²) in [5, 5.41) is 9.40. The van der Waals surface area contributed by atoms with Crippen molar-refractivity contribution in [2.75, 3.05) is 13.2 Å². The van der Waals surface area contributed by atoms with E-state index >= 15 is 0 Å². The van der Waals surface area contributed by atoms with Gasteiger partial charge in [0.2, 0.25) is 0 Å². The molecule has 2 aliphatic rings. The Hall–Kier alpha value is -0.0800. The Labute approximate surface area is 67.6 Å². The molecule has 1 aliphatic heterocycles. The van der Waals surface area contributed by atoms with Crippen molar-refractivity contribution in [3.05, 3.63) is 0 Å². The van der Waals surface area contributed by atoms with Crippen LogP contribution in [0.5, 0.6) is 0 Å². The Balaban J connectivity index is 1.67. The van der Waals surface area contributed by atoms with Gasteiger partial charge >= 0.3 is 0 Å². The standard InChI is InChI=1S/C9H16O2/c10-9-6-11-5-8(9)4-3-7-1-2-7/h7-10H,1-6H2/t8-,9-/m1/s1. The third-order valence-electron chi connectivity index (χ3n) is 2.81. The largest absolute Gasteiger partial charge is 0.390 e. The molecule has 0 aromatic rings. The van der Waals surface area contributed by atoms with Crippen LogP contribution in [0.25, 0.3) is 0 Å². The first-order valence-electron chi connectivity index (χ1n) is 4.62. The minimum atomic E-state index is -0.172. The summed E-state index contributed by atoms with van der Waals surface area (Å²) in [7, 11) is 0. The highest BCUT2D eigenvalue weighted by Gasteiger charge is 2.29. The van der Waals surface area contributed by atoms with Gasteiger partial charge in [-0.05, 0) is 12.3 Å². The molecule has 0 unspecified atom stereocenters. The van der Waals surface area contributed by atoms with Crippen LogP contribution in [0.3, 0.4) is 0 Å². The second kappa shape index (κ2) is 3.11. The second-order valence-corrected chi connectivity index (χ2v) is 3.89.